The van der Waals surface area contributed by atoms with Gasteiger partial charge in [0.2, 0.25) is 0 Å². The molecular weight excluding hydrogens is 232 g/mol. The smallest absolute Gasteiger partial charge is 0.146 e. The molecule has 17 heavy (non-hydrogen) atoms. The van der Waals surface area contributed by atoms with Crippen LogP contribution in [0.2, 0.25) is 0 Å². The molecule has 0 aliphatic heterocycles. The second-order valence-corrected chi connectivity index (χ2v) is 5.25. The van der Waals surface area contributed by atoms with Crippen molar-refractivity contribution in [3.63, 3.8) is 0 Å². The maximum absolute atomic E-state index is 4.44. The molecule has 1 unspecified atom stereocenters. The maximum Gasteiger partial charge on any atom is 0.146 e. The van der Waals surface area contributed by atoms with Crippen molar-refractivity contribution in [2.45, 2.75) is 31.9 Å². The lowest BCUT2D eigenvalue weighted by molar-refractivity contribution is 0.848. The van der Waals surface area contributed by atoms with Gasteiger partial charge in [0.05, 0.1) is 12.4 Å². The highest BCUT2D eigenvalue weighted by Crippen LogP contribution is 2.11. The van der Waals surface area contributed by atoms with E-state index >= 15 is 0 Å². The van der Waals surface area contributed by atoms with Gasteiger partial charge in [0.1, 0.15) is 11.6 Å². The van der Waals surface area contributed by atoms with Gasteiger partial charge in [0.25, 0.3) is 0 Å². The maximum atomic E-state index is 4.44. The van der Waals surface area contributed by atoms with Crippen LogP contribution in [0.1, 0.15) is 26.7 Å². The summed E-state index contributed by atoms with van der Waals surface area (Å²) >= 11 is 1.89. The molecule has 1 rings (SSSR count). The first-order valence-electron chi connectivity index (χ1n) is 6.08. The Morgan fingerprint density at radius 2 is 1.88 bits per heavy atom. The third kappa shape index (κ3) is 5.77. The molecule has 0 spiro atoms. The van der Waals surface area contributed by atoms with Gasteiger partial charge in [-0.05, 0) is 19.1 Å². The van der Waals surface area contributed by atoms with Crippen molar-refractivity contribution in [2.75, 3.05) is 30.0 Å². The fourth-order valence-electron chi connectivity index (χ4n) is 1.31. The van der Waals surface area contributed by atoms with Crippen molar-refractivity contribution in [1.82, 2.24) is 9.97 Å². The molecule has 96 valence electrons. The highest BCUT2D eigenvalue weighted by molar-refractivity contribution is 7.99. The summed E-state index contributed by atoms with van der Waals surface area (Å²) in [4.78, 5) is 8.60. The first-order chi connectivity index (χ1) is 8.26. The van der Waals surface area contributed by atoms with Gasteiger partial charge in [-0.2, -0.15) is 11.8 Å². The van der Waals surface area contributed by atoms with Crippen LogP contribution in [-0.2, 0) is 0 Å². The minimum atomic E-state index is 0.678. The summed E-state index contributed by atoms with van der Waals surface area (Å²) in [5, 5.41) is 7.20. The van der Waals surface area contributed by atoms with Crippen LogP contribution in [-0.4, -0.2) is 34.6 Å². The molecule has 1 heterocycles. The fourth-order valence-corrected chi connectivity index (χ4v) is 1.66. The summed E-state index contributed by atoms with van der Waals surface area (Å²) in [5.74, 6) is 1.69. The Labute approximate surface area is 108 Å². The van der Waals surface area contributed by atoms with Crippen molar-refractivity contribution < 1.29 is 0 Å². The zero-order valence-electron chi connectivity index (χ0n) is 10.9. The van der Waals surface area contributed by atoms with Crippen LogP contribution >= 0.6 is 11.8 Å². The summed E-state index contributed by atoms with van der Waals surface area (Å²) < 4.78 is 0. The number of nitrogens with zero attached hydrogens (tertiary/aromatic N) is 2. The van der Waals surface area contributed by atoms with E-state index in [1.165, 1.54) is 0 Å². The van der Waals surface area contributed by atoms with Crippen LogP contribution in [0.15, 0.2) is 12.4 Å². The number of anilines is 2. The molecule has 0 bridgehead atoms. The van der Waals surface area contributed by atoms with Crippen LogP contribution in [0, 0.1) is 0 Å². The van der Waals surface area contributed by atoms with E-state index in [0.29, 0.717) is 5.25 Å². The summed E-state index contributed by atoms with van der Waals surface area (Å²) in [6, 6.07) is 0. The summed E-state index contributed by atoms with van der Waals surface area (Å²) in [5.41, 5.74) is 0. The third-order valence-corrected chi connectivity index (χ3v) is 3.49. The lowest BCUT2D eigenvalue weighted by Gasteiger charge is -2.10. The minimum absolute atomic E-state index is 0.678. The van der Waals surface area contributed by atoms with Crippen LogP contribution in [0.5, 0.6) is 0 Å². The van der Waals surface area contributed by atoms with Crippen LogP contribution in [0.25, 0.3) is 0 Å². The van der Waals surface area contributed by atoms with E-state index in [1.807, 2.05) is 11.8 Å². The topological polar surface area (TPSA) is 49.8 Å². The normalized spacial score (nSPS) is 12.2. The Bertz CT molecular complexity index is 319. The molecule has 0 aliphatic rings. The predicted octanol–water partition coefficient (Wildman–Crippen LogP) is 2.85. The van der Waals surface area contributed by atoms with Crippen LogP contribution in [0.4, 0.5) is 11.6 Å². The molecule has 1 aromatic heterocycles. The molecule has 0 aromatic carbocycles. The number of hydrogen-bond acceptors (Lipinski definition) is 5. The van der Waals surface area contributed by atoms with E-state index in [0.717, 1.165) is 37.6 Å². The van der Waals surface area contributed by atoms with Crippen molar-refractivity contribution in [1.29, 1.82) is 0 Å². The van der Waals surface area contributed by atoms with E-state index < -0.39 is 0 Å². The summed E-state index contributed by atoms with van der Waals surface area (Å²) in [6.45, 7) is 6.24. The Kier molecular flexibility index (Phi) is 6.77. The summed E-state index contributed by atoms with van der Waals surface area (Å²) in [7, 11) is 0. The van der Waals surface area contributed by atoms with Gasteiger partial charge in [0, 0.05) is 18.3 Å². The Balaban J connectivity index is 2.37. The molecule has 0 fully saturated rings. The summed E-state index contributed by atoms with van der Waals surface area (Å²) in [6.07, 6.45) is 7.88. The highest BCUT2D eigenvalue weighted by Gasteiger charge is 2.00. The quantitative estimate of drug-likeness (QED) is 0.747. The van der Waals surface area contributed by atoms with Gasteiger partial charge >= 0.3 is 0 Å². The molecule has 1 atom stereocenters. The van der Waals surface area contributed by atoms with Gasteiger partial charge in [0.15, 0.2) is 0 Å². The molecular formula is C12H22N4S. The van der Waals surface area contributed by atoms with E-state index in [9.17, 15) is 0 Å². The molecule has 5 heteroatoms. The molecule has 0 amide bonds. The minimum Gasteiger partial charge on any atom is -0.369 e. The van der Waals surface area contributed by atoms with Crippen molar-refractivity contribution in [3.8, 4) is 0 Å². The first kappa shape index (κ1) is 14.1. The average molecular weight is 254 g/mol. The third-order valence-electron chi connectivity index (χ3n) is 2.45. The largest absolute Gasteiger partial charge is 0.369 e. The molecule has 4 nitrogen and oxygen atoms in total. The zero-order valence-corrected chi connectivity index (χ0v) is 11.7. The lowest BCUT2D eigenvalue weighted by atomic mass is 10.3. The van der Waals surface area contributed by atoms with Crippen molar-refractivity contribution >= 4 is 23.4 Å². The van der Waals surface area contributed by atoms with Crippen molar-refractivity contribution in [3.05, 3.63) is 12.4 Å². The number of hydrogen-bond donors (Lipinski definition) is 2. The van der Waals surface area contributed by atoms with Crippen LogP contribution < -0.4 is 10.6 Å². The number of thioether (sulfide) groups is 1. The van der Waals surface area contributed by atoms with Gasteiger partial charge in [-0.15, -0.1) is 0 Å². The molecule has 0 aliphatic carbocycles. The lowest BCUT2D eigenvalue weighted by Crippen LogP contribution is -2.10. The van der Waals surface area contributed by atoms with E-state index in [1.54, 1.807) is 12.4 Å². The number of nitrogens with one attached hydrogen (secondary N) is 2. The Morgan fingerprint density at radius 3 is 2.47 bits per heavy atom. The standard InChI is InChI=1S/C12H22N4S/c1-4-6-14-11-8-13-9-12(16-11)15-7-5-10(2)17-3/h8-10H,4-7H2,1-3H3,(H2,14,15,16). The van der Waals surface area contributed by atoms with Crippen LogP contribution in [0.3, 0.4) is 0 Å². The number of rotatable bonds is 8. The molecule has 0 saturated carbocycles. The zero-order chi connectivity index (χ0) is 12.5. The van der Waals surface area contributed by atoms with Gasteiger partial charge in [-0.1, -0.05) is 13.8 Å². The highest BCUT2D eigenvalue weighted by atomic mass is 32.2. The molecule has 0 radical (unpaired) electrons. The SMILES string of the molecule is CCCNc1cncc(NCCC(C)SC)n1. The fraction of sp³-hybridized carbons (Fsp3) is 0.667. The molecule has 2 N–H and O–H groups in total. The van der Waals surface area contributed by atoms with Gasteiger partial charge in [-0.25, -0.2) is 4.98 Å². The monoisotopic (exact) mass is 254 g/mol. The number of aromatic nitrogens is 2. The average Bonchev–Trinajstić information content (AvgIpc) is 2.36. The second kappa shape index (κ2) is 8.17. The van der Waals surface area contributed by atoms with Gasteiger partial charge in [-0.3, -0.25) is 4.98 Å². The Morgan fingerprint density at radius 1 is 1.24 bits per heavy atom. The second-order valence-electron chi connectivity index (χ2n) is 3.98. The van der Waals surface area contributed by atoms with E-state index in [2.05, 4.69) is 40.7 Å². The van der Waals surface area contributed by atoms with E-state index in [4.69, 9.17) is 0 Å². The van der Waals surface area contributed by atoms with Crippen molar-refractivity contribution in [2.24, 2.45) is 0 Å². The van der Waals surface area contributed by atoms with Gasteiger partial charge < -0.3 is 10.6 Å². The predicted molar refractivity (Wildman–Crippen MR) is 76.9 cm³/mol. The van der Waals surface area contributed by atoms with E-state index in [-0.39, 0.29) is 0 Å². The molecule has 1 aromatic rings. The molecule has 0 saturated heterocycles. The Hall–Kier alpha value is -0.970. The first-order valence-corrected chi connectivity index (χ1v) is 7.37.